The Kier molecular flexibility index (Phi) is 16.0. The number of carbonyl (C=O) groups excluding carboxylic acids is 2. The molecule has 6 N–H and O–H groups in total. The van der Waals surface area contributed by atoms with Gasteiger partial charge in [0.25, 0.3) is 0 Å². The lowest BCUT2D eigenvalue weighted by atomic mass is 9.86. The van der Waals surface area contributed by atoms with E-state index in [9.17, 15) is 26.4 Å². The van der Waals surface area contributed by atoms with Gasteiger partial charge in [0, 0.05) is 89.6 Å². The highest BCUT2D eigenvalue weighted by atomic mass is 32.2. The van der Waals surface area contributed by atoms with Crippen molar-refractivity contribution in [2.75, 3.05) is 10.6 Å². The highest BCUT2D eigenvalue weighted by Crippen LogP contribution is 2.44. The summed E-state index contributed by atoms with van der Waals surface area (Å²) in [5.74, 6) is 1.35. The number of nitrogens with zero attached hydrogens (tertiary/aromatic N) is 6. The molecule has 402 valence electrons. The van der Waals surface area contributed by atoms with Crippen molar-refractivity contribution in [3.8, 4) is 20.9 Å². The van der Waals surface area contributed by atoms with Gasteiger partial charge in [0.1, 0.15) is 6.10 Å². The summed E-state index contributed by atoms with van der Waals surface area (Å²) in [4.78, 5) is 36.7. The van der Waals surface area contributed by atoms with E-state index in [1.807, 2.05) is 39.0 Å². The summed E-state index contributed by atoms with van der Waals surface area (Å²) in [6, 6.07) is 12.3. The van der Waals surface area contributed by atoms with Crippen LogP contribution in [0.3, 0.4) is 0 Å². The van der Waals surface area contributed by atoms with Crippen LogP contribution in [0.4, 0.5) is 32.6 Å². The van der Waals surface area contributed by atoms with E-state index in [1.165, 1.54) is 22.7 Å². The summed E-state index contributed by atoms with van der Waals surface area (Å²) in [6.45, 7) is 10.8. The molecule has 1 unspecified atom stereocenters. The molecule has 4 aromatic heterocycles. The predicted molar refractivity (Wildman–Crippen MR) is 289 cm³/mol. The van der Waals surface area contributed by atoms with Gasteiger partial charge in [-0.1, -0.05) is 17.3 Å². The Bertz CT molecular complexity index is 3210. The maximum Gasteiger partial charge on any atom is 0.407 e. The van der Waals surface area contributed by atoms with Gasteiger partial charge < -0.3 is 30.7 Å². The Morgan fingerprint density at radius 3 is 1.79 bits per heavy atom. The highest BCUT2D eigenvalue weighted by molar-refractivity contribution is 7.92. The van der Waals surface area contributed by atoms with Gasteiger partial charge in [-0.25, -0.2) is 41.1 Å². The molecular weight excluding hydrogens is 1040 g/mol. The molecule has 0 spiro atoms. The number of alkyl carbamates (subject to hydrolysis) is 2. The molecule has 9 rings (SSSR count). The minimum absolute atomic E-state index is 0.0362. The van der Waals surface area contributed by atoms with Gasteiger partial charge in [-0.3, -0.25) is 9.78 Å². The predicted octanol–water partition coefficient (Wildman–Crippen LogP) is 9.83. The number of hydrogen-bond acceptors (Lipinski definition) is 17. The van der Waals surface area contributed by atoms with Crippen LogP contribution in [0.25, 0.3) is 20.9 Å². The summed E-state index contributed by atoms with van der Waals surface area (Å²) >= 11 is 3.00. The fourth-order valence-corrected chi connectivity index (χ4v) is 15.6. The van der Waals surface area contributed by atoms with E-state index in [0.29, 0.717) is 59.1 Å². The average molecular weight is 1100 g/mol. The number of anilines is 4. The number of amides is 2. The molecule has 24 heteroatoms. The van der Waals surface area contributed by atoms with Crippen molar-refractivity contribution in [1.29, 1.82) is 0 Å². The molecule has 0 aliphatic heterocycles. The number of hydrogen-bond donors (Lipinski definition) is 6. The molecule has 1 atom stereocenters. The molecule has 0 bridgehead atoms. The number of sulfonamides is 1. The lowest BCUT2D eigenvalue weighted by Gasteiger charge is -2.28. The number of sulfone groups is 1. The van der Waals surface area contributed by atoms with Crippen LogP contribution in [0.5, 0.6) is 0 Å². The van der Waals surface area contributed by atoms with Gasteiger partial charge in [0.05, 0.1) is 47.1 Å². The van der Waals surface area contributed by atoms with E-state index in [2.05, 4.69) is 46.5 Å². The first-order valence-electron chi connectivity index (χ1n) is 25.5. The van der Waals surface area contributed by atoms with Crippen molar-refractivity contribution in [2.24, 2.45) is 7.05 Å². The first-order chi connectivity index (χ1) is 35.6. The maximum absolute atomic E-state index is 14.0. The molecule has 3 aliphatic carbocycles. The number of thiazole rings is 2. The molecule has 3 saturated carbocycles. The molecule has 75 heavy (non-hydrogen) atoms. The Morgan fingerprint density at radius 1 is 0.733 bits per heavy atom. The lowest BCUT2D eigenvalue weighted by molar-refractivity contribution is 0.101. The first-order valence-corrected chi connectivity index (χ1v) is 30.2. The molecule has 4 heterocycles. The van der Waals surface area contributed by atoms with E-state index in [0.717, 1.165) is 71.1 Å². The number of nitrogens with one attached hydrogen (secondary N) is 6. The third kappa shape index (κ3) is 13.7. The Morgan fingerprint density at radius 2 is 1.27 bits per heavy atom. The minimum atomic E-state index is -4.00. The Balaban J connectivity index is 0.772. The van der Waals surface area contributed by atoms with E-state index in [-0.39, 0.29) is 45.1 Å². The summed E-state index contributed by atoms with van der Waals surface area (Å²) in [5.41, 5.74) is 2.27. The van der Waals surface area contributed by atoms with E-state index in [4.69, 9.17) is 19.4 Å². The molecule has 0 radical (unpaired) electrons. The second-order valence-electron chi connectivity index (χ2n) is 21.2. The van der Waals surface area contributed by atoms with Crippen LogP contribution >= 0.6 is 22.7 Å². The molecule has 0 saturated heterocycles. The van der Waals surface area contributed by atoms with Crippen LogP contribution < -0.4 is 26.0 Å². The Hall–Kier alpha value is -5.95. The third-order valence-corrected chi connectivity index (χ3v) is 19.8. The molecule has 2 amide bonds. The van der Waals surface area contributed by atoms with Crippen molar-refractivity contribution in [1.82, 2.24) is 50.5 Å². The molecule has 20 nitrogen and oxygen atoms in total. The molecule has 2 aromatic carbocycles. The summed E-state index contributed by atoms with van der Waals surface area (Å²) in [7, 11) is -5.77. The zero-order chi connectivity index (χ0) is 53.2. The zero-order valence-corrected chi connectivity index (χ0v) is 46.4. The van der Waals surface area contributed by atoms with Gasteiger partial charge in [0.15, 0.2) is 21.5 Å². The average Bonchev–Trinajstić information content (AvgIpc) is 3.65. The van der Waals surface area contributed by atoms with Crippen molar-refractivity contribution in [3.63, 3.8) is 0 Å². The maximum atomic E-state index is 14.0. The van der Waals surface area contributed by atoms with Crippen LogP contribution in [0.2, 0.25) is 0 Å². The van der Waals surface area contributed by atoms with Crippen molar-refractivity contribution in [2.45, 2.75) is 169 Å². The van der Waals surface area contributed by atoms with Crippen LogP contribution in [0, 0.1) is 0 Å². The van der Waals surface area contributed by atoms with Crippen LogP contribution in [-0.2, 0) is 42.8 Å². The number of aryl methyl sites for hydroxylation is 1. The second kappa shape index (κ2) is 22.3. The number of aromatic amines is 1. The summed E-state index contributed by atoms with van der Waals surface area (Å²) in [5, 5.41) is 29.4. The minimum Gasteiger partial charge on any atom is -0.447 e. The largest absolute Gasteiger partial charge is 0.447 e. The summed E-state index contributed by atoms with van der Waals surface area (Å²) < 4.78 is 70.8. The standard InChI is InChI=1S/C51H66N12O8S4/c1-29(2)70-49(64)56-33-12-8-32(9-13-33)48-53-27-42(73-48)40-21-17-36(24-44(40)75(68,69)61-51(4,5)6)54-45-25-37(58-59-45)22-30(3)71-50(65)57-34-14-10-31(11-15-34)47-52-26-41(72-47)39-20-16-35(55-46-28-63(7)62-60-46)23-43(39)74(66,67)38-18-19-38/h16-17,20-21,23-34,38,55,61H,8-15,18-19,22H2,1-7H3,(H,56,64)(H,57,65)(H2,54,58,59)/t30?,31-,32?,33?,34-. The number of aromatic nitrogens is 7. The molecule has 6 aromatic rings. The smallest absolute Gasteiger partial charge is 0.407 e. The number of H-pyrrole nitrogens is 1. The highest BCUT2D eigenvalue weighted by Gasteiger charge is 2.39. The zero-order valence-electron chi connectivity index (χ0n) is 43.2. The lowest BCUT2D eigenvalue weighted by Crippen LogP contribution is -2.40. The van der Waals surface area contributed by atoms with Crippen LogP contribution in [0.15, 0.2) is 70.8 Å². The van der Waals surface area contributed by atoms with Crippen molar-refractivity contribution < 1.29 is 35.9 Å². The fraction of sp³-hybridized carbons (Fsp3) is 0.510. The third-order valence-electron chi connectivity index (χ3n) is 13.3. The van der Waals surface area contributed by atoms with E-state index >= 15 is 0 Å². The first kappa shape index (κ1) is 53.9. The van der Waals surface area contributed by atoms with Gasteiger partial charge in [0.2, 0.25) is 10.0 Å². The van der Waals surface area contributed by atoms with Crippen molar-refractivity contribution in [3.05, 3.63) is 76.8 Å². The topological polar surface area (TPSA) is 266 Å². The molecule has 3 fully saturated rings. The van der Waals surface area contributed by atoms with Gasteiger partial charge in [-0.2, -0.15) is 5.10 Å². The summed E-state index contributed by atoms with van der Waals surface area (Å²) in [6.07, 6.45) is 11.7. The van der Waals surface area contributed by atoms with Gasteiger partial charge >= 0.3 is 12.2 Å². The second-order valence-corrected chi connectivity index (χ2v) is 27.2. The van der Waals surface area contributed by atoms with Crippen LogP contribution in [-0.4, -0.2) is 99.3 Å². The number of rotatable bonds is 18. The van der Waals surface area contributed by atoms with E-state index in [1.54, 1.807) is 75.4 Å². The monoisotopic (exact) mass is 1100 g/mol. The van der Waals surface area contributed by atoms with Crippen LogP contribution in [0.1, 0.15) is 133 Å². The Labute approximate surface area is 446 Å². The quantitative estimate of drug-likeness (QED) is 0.0468. The number of carbonyl (C=O) groups is 2. The number of ether oxygens (including phenoxy) is 2. The molecule has 3 aliphatic rings. The van der Waals surface area contributed by atoms with Crippen molar-refractivity contribution >= 4 is 77.7 Å². The number of benzene rings is 2. The fourth-order valence-electron chi connectivity index (χ4n) is 9.63. The van der Waals surface area contributed by atoms with Gasteiger partial charge in [-0.05, 0) is 130 Å². The normalized spacial score (nSPS) is 19.8. The SMILES string of the molecule is CC(C)OC(=O)NC1CCC(c2ncc(-c3ccc(Nc4cc(CC(C)OC(=O)N[C@H]5CC[C@H](c6ncc(-c7ccc(Nc8cn(C)nn8)cc7S(=O)(=O)C7CC7)s6)CC5)[nH]n4)cc3S(=O)(=O)NC(C)(C)C)s2)CC1. The molecular formula is C51H66N12O8S4. The van der Waals surface area contributed by atoms with E-state index < -0.39 is 43.7 Å². The van der Waals surface area contributed by atoms with Gasteiger partial charge in [-0.15, -0.1) is 27.8 Å².